The predicted molar refractivity (Wildman–Crippen MR) is 83.0 cm³/mol. The van der Waals surface area contributed by atoms with Crippen molar-refractivity contribution in [3.63, 3.8) is 0 Å². The maximum atomic E-state index is 12.5. The average Bonchev–Trinajstić information content (AvgIpc) is 2.92. The Labute approximate surface area is 126 Å². The van der Waals surface area contributed by atoms with Gasteiger partial charge in [0.2, 0.25) is 0 Å². The van der Waals surface area contributed by atoms with E-state index >= 15 is 0 Å². The molecule has 1 aliphatic heterocycles. The van der Waals surface area contributed by atoms with Crippen molar-refractivity contribution >= 4 is 17.4 Å². The Bertz CT molecular complexity index is 494. The van der Waals surface area contributed by atoms with Gasteiger partial charge in [-0.25, -0.2) is 0 Å². The van der Waals surface area contributed by atoms with Gasteiger partial charge in [0, 0.05) is 24.4 Å². The molecular formula is C16H25N3O2. The second kappa shape index (κ2) is 6.87. The van der Waals surface area contributed by atoms with Gasteiger partial charge in [-0.15, -0.1) is 0 Å². The quantitative estimate of drug-likeness (QED) is 0.804. The molecule has 2 aliphatic rings. The van der Waals surface area contributed by atoms with Crippen LogP contribution in [0, 0.1) is 5.92 Å². The lowest BCUT2D eigenvalue weighted by atomic mass is 9.99. The van der Waals surface area contributed by atoms with Gasteiger partial charge in [0.25, 0.3) is 5.91 Å². The van der Waals surface area contributed by atoms with Crippen molar-refractivity contribution in [1.82, 2.24) is 4.90 Å². The zero-order valence-corrected chi connectivity index (χ0v) is 13.0. The van der Waals surface area contributed by atoms with Crippen molar-refractivity contribution in [3.8, 4) is 0 Å². The van der Waals surface area contributed by atoms with Crippen molar-refractivity contribution in [1.29, 1.82) is 0 Å². The van der Waals surface area contributed by atoms with E-state index in [1.54, 1.807) is 0 Å². The zero-order chi connectivity index (χ0) is 15.4. The van der Waals surface area contributed by atoms with Crippen LogP contribution in [0.1, 0.15) is 46.0 Å². The minimum absolute atomic E-state index is 0.0310. The summed E-state index contributed by atoms with van der Waals surface area (Å²) in [5, 5.41) is 0. The van der Waals surface area contributed by atoms with Gasteiger partial charge in [0.15, 0.2) is 5.78 Å². The first-order valence-corrected chi connectivity index (χ1v) is 7.80. The smallest absolute Gasteiger partial charge is 0.270 e. The molecule has 0 unspecified atom stereocenters. The second-order valence-electron chi connectivity index (χ2n) is 6.21. The zero-order valence-electron chi connectivity index (χ0n) is 13.0. The summed E-state index contributed by atoms with van der Waals surface area (Å²) in [4.78, 5) is 29.8. The highest BCUT2D eigenvalue weighted by molar-refractivity contribution is 6.09. The molecule has 0 aromatic carbocycles. The Morgan fingerprint density at radius 3 is 2.76 bits per heavy atom. The first-order chi connectivity index (χ1) is 9.99. The van der Waals surface area contributed by atoms with E-state index in [1.807, 2.05) is 4.90 Å². The predicted octanol–water partition coefficient (Wildman–Crippen LogP) is 1.67. The summed E-state index contributed by atoms with van der Waals surface area (Å²) in [6.45, 7) is 5.44. The first-order valence-electron chi connectivity index (χ1n) is 7.80. The van der Waals surface area contributed by atoms with Gasteiger partial charge < -0.3 is 10.6 Å². The minimum atomic E-state index is -0.0611. The number of nitrogens with two attached hydrogens (primary N) is 1. The molecule has 2 rings (SSSR count). The number of likely N-dealkylation sites (tertiary alicyclic amines) is 1. The molecule has 5 nitrogen and oxygen atoms in total. The number of aliphatic imine (C=N–C) groups is 1. The van der Waals surface area contributed by atoms with E-state index in [2.05, 4.69) is 11.9 Å². The number of Topliss-reactive ketones (excluding diaryl/α,β-unsaturated/α-hetero) is 1. The molecule has 1 heterocycles. The molecular weight excluding hydrogens is 266 g/mol. The van der Waals surface area contributed by atoms with Gasteiger partial charge in [-0.3, -0.25) is 14.6 Å². The lowest BCUT2D eigenvalue weighted by molar-refractivity contribution is -0.128. The van der Waals surface area contributed by atoms with Gasteiger partial charge >= 0.3 is 0 Å². The Kier molecular flexibility index (Phi) is 5.15. The number of ketones is 1. The van der Waals surface area contributed by atoms with E-state index in [0.29, 0.717) is 11.6 Å². The van der Waals surface area contributed by atoms with E-state index < -0.39 is 0 Å². The summed E-state index contributed by atoms with van der Waals surface area (Å²) >= 11 is 0. The van der Waals surface area contributed by atoms with E-state index in [1.165, 1.54) is 13.3 Å². The van der Waals surface area contributed by atoms with Crippen molar-refractivity contribution in [2.75, 3.05) is 19.6 Å². The molecule has 0 bridgehead atoms. The summed E-state index contributed by atoms with van der Waals surface area (Å²) in [6, 6.07) is 0. The van der Waals surface area contributed by atoms with E-state index in [0.717, 1.165) is 50.1 Å². The van der Waals surface area contributed by atoms with Crippen LogP contribution in [0.4, 0.5) is 0 Å². The van der Waals surface area contributed by atoms with E-state index in [4.69, 9.17) is 5.73 Å². The highest BCUT2D eigenvalue weighted by Crippen LogP contribution is 2.25. The van der Waals surface area contributed by atoms with Crippen LogP contribution in [0.15, 0.2) is 16.3 Å². The van der Waals surface area contributed by atoms with E-state index in [9.17, 15) is 9.59 Å². The number of piperidine rings is 1. The Balaban J connectivity index is 2.15. The van der Waals surface area contributed by atoms with Crippen LogP contribution >= 0.6 is 0 Å². The standard InChI is InChI=1S/C16H25N3O2/c1-11-5-4-8-19(10-11)16(21)15(17)13-6-3-7-14(13)18-9-12(2)20/h11H,3-10,17H2,1-2H3/b15-13-,18-14?/t11-/m0/s1. The van der Waals surface area contributed by atoms with Gasteiger partial charge in [0.05, 0.1) is 6.54 Å². The normalized spacial score (nSPS) is 27.0. The molecule has 0 spiro atoms. The Morgan fingerprint density at radius 2 is 2.10 bits per heavy atom. The lowest BCUT2D eigenvalue weighted by Gasteiger charge is -2.31. The molecule has 1 aliphatic carbocycles. The fourth-order valence-electron chi connectivity index (χ4n) is 3.07. The van der Waals surface area contributed by atoms with Gasteiger partial charge in [-0.2, -0.15) is 0 Å². The molecule has 0 radical (unpaired) electrons. The SMILES string of the molecule is CC(=O)CN=C1CCC/C1=C(/N)C(=O)N1CCC[C@H](C)C1. The molecule has 21 heavy (non-hydrogen) atoms. The fourth-order valence-corrected chi connectivity index (χ4v) is 3.07. The number of carbonyl (C=O) groups excluding carboxylic acids is 2. The van der Waals surface area contributed by atoms with Crippen LogP contribution in [0.2, 0.25) is 0 Å². The summed E-state index contributed by atoms with van der Waals surface area (Å²) in [5.41, 5.74) is 8.16. The number of amides is 1. The van der Waals surface area contributed by atoms with Crippen LogP contribution in [-0.4, -0.2) is 41.9 Å². The highest BCUT2D eigenvalue weighted by atomic mass is 16.2. The maximum absolute atomic E-state index is 12.5. The second-order valence-corrected chi connectivity index (χ2v) is 6.21. The molecule has 2 fully saturated rings. The average molecular weight is 291 g/mol. The minimum Gasteiger partial charge on any atom is -0.394 e. The molecule has 2 N–H and O–H groups in total. The number of hydrogen-bond acceptors (Lipinski definition) is 4. The molecule has 116 valence electrons. The Morgan fingerprint density at radius 1 is 1.33 bits per heavy atom. The third-order valence-electron chi connectivity index (χ3n) is 4.18. The van der Waals surface area contributed by atoms with Gasteiger partial charge in [-0.05, 0) is 44.9 Å². The molecule has 1 amide bonds. The number of nitrogens with zero attached hydrogens (tertiary/aromatic N) is 2. The highest BCUT2D eigenvalue weighted by Gasteiger charge is 2.27. The van der Waals surface area contributed by atoms with Gasteiger partial charge in [-0.1, -0.05) is 6.92 Å². The largest absolute Gasteiger partial charge is 0.394 e. The van der Waals surface area contributed by atoms with E-state index in [-0.39, 0.29) is 18.2 Å². The maximum Gasteiger partial charge on any atom is 0.270 e. The summed E-state index contributed by atoms with van der Waals surface area (Å²) in [6.07, 6.45) is 4.77. The van der Waals surface area contributed by atoms with Crippen LogP contribution in [-0.2, 0) is 9.59 Å². The summed E-state index contributed by atoms with van der Waals surface area (Å²) in [7, 11) is 0. The van der Waals surface area contributed by atoms with Gasteiger partial charge in [0.1, 0.15) is 5.70 Å². The number of allylic oxidation sites excluding steroid dienone is 1. The lowest BCUT2D eigenvalue weighted by Crippen LogP contribution is -2.41. The van der Waals surface area contributed by atoms with Crippen LogP contribution in [0.5, 0.6) is 0 Å². The number of hydrogen-bond donors (Lipinski definition) is 1. The third kappa shape index (κ3) is 3.93. The van der Waals surface area contributed by atoms with Crippen LogP contribution in [0.3, 0.4) is 0 Å². The molecule has 5 heteroatoms. The number of rotatable bonds is 3. The summed E-state index contributed by atoms with van der Waals surface area (Å²) in [5.74, 6) is 0.507. The van der Waals surface area contributed by atoms with Crippen molar-refractivity contribution < 1.29 is 9.59 Å². The molecule has 0 aromatic heterocycles. The Hall–Kier alpha value is -1.65. The van der Waals surface area contributed by atoms with Crippen molar-refractivity contribution in [2.45, 2.75) is 46.0 Å². The number of carbonyl (C=O) groups is 2. The topological polar surface area (TPSA) is 75.8 Å². The van der Waals surface area contributed by atoms with Crippen molar-refractivity contribution in [3.05, 3.63) is 11.3 Å². The monoisotopic (exact) mass is 291 g/mol. The molecule has 1 atom stereocenters. The first kappa shape index (κ1) is 15.7. The third-order valence-corrected chi connectivity index (χ3v) is 4.18. The molecule has 0 aromatic rings. The van der Waals surface area contributed by atoms with Crippen LogP contribution < -0.4 is 5.73 Å². The summed E-state index contributed by atoms with van der Waals surface area (Å²) < 4.78 is 0. The fraction of sp³-hybridized carbons (Fsp3) is 0.688. The van der Waals surface area contributed by atoms with Crippen LogP contribution in [0.25, 0.3) is 0 Å². The molecule has 1 saturated carbocycles. The van der Waals surface area contributed by atoms with Crippen molar-refractivity contribution in [2.24, 2.45) is 16.6 Å². The molecule has 1 saturated heterocycles.